The van der Waals surface area contributed by atoms with E-state index in [1.807, 2.05) is 6.07 Å². The largest absolute Gasteiger partial charge is 0.378 e. The fourth-order valence-electron chi connectivity index (χ4n) is 4.25. The molecule has 3 aliphatic rings. The van der Waals surface area contributed by atoms with Crippen molar-refractivity contribution in [1.82, 2.24) is 19.5 Å². The van der Waals surface area contributed by atoms with E-state index < -0.39 is 0 Å². The van der Waals surface area contributed by atoms with Crippen molar-refractivity contribution in [3.63, 3.8) is 0 Å². The first-order valence-electron chi connectivity index (χ1n) is 9.13. The number of halogens is 1. The molecule has 0 radical (unpaired) electrons. The molecule has 4 heterocycles. The number of anilines is 1. The van der Waals surface area contributed by atoms with Crippen LogP contribution in [0.3, 0.4) is 0 Å². The van der Waals surface area contributed by atoms with E-state index in [9.17, 15) is 4.39 Å². The molecule has 2 atom stereocenters. The number of fused-ring (bicyclic) bond motifs is 5. The van der Waals surface area contributed by atoms with Gasteiger partial charge in [-0.05, 0) is 18.4 Å². The number of ether oxygens (including phenoxy) is 1. The molecular formula is C19H18FN5O. The molecule has 0 spiro atoms. The molecule has 26 heavy (non-hydrogen) atoms. The van der Waals surface area contributed by atoms with E-state index >= 15 is 0 Å². The van der Waals surface area contributed by atoms with E-state index in [1.165, 1.54) is 6.42 Å². The number of hydrogen-bond acceptors (Lipinski definition) is 5. The molecule has 1 aliphatic carbocycles. The second kappa shape index (κ2) is 5.23. The zero-order chi connectivity index (χ0) is 17.3. The lowest BCUT2D eigenvalue weighted by Gasteiger charge is -2.26. The Labute approximate surface area is 149 Å². The molecule has 0 N–H and O–H groups in total. The number of nitrogens with zero attached hydrogens (tertiary/aromatic N) is 5. The van der Waals surface area contributed by atoms with Gasteiger partial charge in [-0.15, -0.1) is 0 Å². The summed E-state index contributed by atoms with van der Waals surface area (Å²) in [6, 6.07) is 3.45. The van der Waals surface area contributed by atoms with Gasteiger partial charge >= 0.3 is 0 Å². The van der Waals surface area contributed by atoms with E-state index in [0.29, 0.717) is 36.2 Å². The van der Waals surface area contributed by atoms with Crippen molar-refractivity contribution in [3.05, 3.63) is 36.2 Å². The minimum atomic E-state index is -0.274. The van der Waals surface area contributed by atoms with Crippen LogP contribution in [0.2, 0.25) is 0 Å². The average Bonchev–Trinajstić information content (AvgIpc) is 3.24. The summed E-state index contributed by atoms with van der Waals surface area (Å²) in [4.78, 5) is 15.6. The van der Waals surface area contributed by atoms with Crippen LogP contribution in [0.25, 0.3) is 22.2 Å². The Morgan fingerprint density at radius 2 is 1.92 bits per heavy atom. The molecule has 7 heteroatoms. The Morgan fingerprint density at radius 3 is 2.73 bits per heavy atom. The van der Waals surface area contributed by atoms with Crippen LogP contribution in [-0.2, 0) is 11.3 Å². The molecule has 2 aliphatic heterocycles. The van der Waals surface area contributed by atoms with Gasteiger partial charge in [0.2, 0.25) is 5.95 Å². The predicted octanol–water partition coefficient (Wildman–Crippen LogP) is 2.59. The smallest absolute Gasteiger partial charge is 0.225 e. The number of hydrogen-bond donors (Lipinski definition) is 0. The maximum absolute atomic E-state index is 14.7. The maximum Gasteiger partial charge on any atom is 0.225 e. The standard InChI is InChI=1S/C19H18FN5O/c20-15-7-16-17(25-10-11-5-14(11)18(25)23-16)6-13(15)12-8-21-19(22-9-12)24-1-3-26-4-2-24/h6-9,11,14H,1-5,10H2/t11-,14-/m1/s1. The van der Waals surface area contributed by atoms with Gasteiger partial charge in [0.05, 0.1) is 24.2 Å². The van der Waals surface area contributed by atoms with Gasteiger partial charge in [-0.2, -0.15) is 0 Å². The molecule has 2 fully saturated rings. The molecule has 2 aromatic heterocycles. The van der Waals surface area contributed by atoms with Crippen LogP contribution in [0.1, 0.15) is 18.2 Å². The van der Waals surface area contributed by atoms with Crippen LogP contribution < -0.4 is 4.90 Å². The van der Waals surface area contributed by atoms with E-state index in [1.54, 1.807) is 18.5 Å². The molecule has 132 valence electrons. The molecule has 1 aromatic carbocycles. The van der Waals surface area contributed by atoms with Crippen molar-refractivity contribution < 1.29 is 9.13 Å². The third-order valence-corrected chi connectivity index (χ3v) is 5.78. The highest BCUT2D eigenvalue weighted by molar-refractivity contribution is 5.83. The summed E-state index contributed by atoms with van der Waals surface area (Å²) in [6.45, 7) is 3.94. The van der Waals surface area contributed by atoms with Gasteiger partial charge in [-0.25, -0.2) is 19.3 Å². The van der Waals surface area contributed by atoms with Crippen molar-refractivity contribution in [2.75, 3.05) is 31.2 Å². The van der Waals surface area contributed by atoms with Crippen molar-refractivity contribution in [2.45, 2.75) is 18.9 Å². The molecule has 3 aromatic rings. The highest BCUT2D eigenvalue weighted by Gasteiger charge is 2.47. The lowest BCUT2D eigenvalue weighted by molar-refractivity contribution is 0.122. The fourth-order valence-corrected chi connectivity index (χ4v) is 4.25. The van der Waals surface area contributed by atoms with E-state index in [-0.39, 0.29) is 5.82 Å². The number of benzene rings is 1. The lowest BCUT2D eigenvalue weighted by atomic mass is 10.1. The highest BCUT2D eigenvalue weighted by Crippen LogP contribution is 2.54. The SMILES string of the molecule is Fc1cc2nc3n(c2cc1-c1cnc(N2CCOCC2)nc1)C[C@H]1C[C@@H]31. The Kier molecular flexibility index (Phi) is 2.94. The highest BCUT2D eigenvalue weighted by atomic mass is 19.1. The normalized spacial score (nSPS) is 24.0. The predicted molar refractivity (Wildman–Crippen MR) is 94.6 cm³/mol. The second-order valence-corrected chi connectivity index (χ2v) is 7.37. The van der Waals surface area contributed by atoms with Gasteiger partial charge in [0.1, 0.15) is 11.6 Å². The van der Waals surface area contributed by atoms with Crippen molar-refractivity contribution in [3.8, 4) is 11.1 Å². The summed E-state index contributed by atoms with van der Waals surface area (Å²) in [6.07, 6.45) is 4.65. The van der Waals surface area contributed by atoms with E-state index in [0.717, 1.165) is 42.4 Å². The fraction of sp³-hybridized carbons (Fsp3) is 0.421. The molecule has 0 unspecified atom stereocenters. The Hall–Kier alpha value is -2.54. The Morgan fingerprint density at radius 1 is 1.12 bits per heavy atom. The summed E-state index contributed by atoms with van der Waals surface area (Å²) in [5.41, 5.74) is 2.99. The van der Waals surface area contributed by atoms with E-state index in [2.05, 4.69) is 24.4 Å². The Bertz CT molecular complexity index is 1010. The molecule has 6 nitrogen and oxygen atoms in total. The average molecular weight is 351 g/mol. The first kappa shape index (κ1) is 14.6. The topological polar surface area (TPSA) is 56.1 Å². The van der Waals surface area contributed by atoms with E-state index in [4.69, 9.17) is 4.74 Å². The lowest BCUT2D eigenvalue weighted by Crippen LogP contribution is -2.37. The quantitative estimate of drug-likeness (QED) is 0.710. The van der Waals surface area contributed by atoms with Crippen molar-refractivity contribution >= 4 is 17.0 Å². The zero-order valence-corrected chi connectivity index (χ0v) is 14.2. The van der Waals surface area contributed by atoms with Gasteiger partial charge in [0.25, 0.3) is 0 Å². The first-order valence-corrected chi connectivity index (χ1v) is 9.13. The zero-order valence-electron chi connectivity index (χ0n) is 14.2. The summed E-state index contributed by atoms with van der Waals surface area (Å²) in [7, 11) is 0. The third kappa shape index (κ3) is 2.10. The molecule has 1 saturated heterocycles. The number of aromatic nitrogens is 4. The van der Waals surface area contributed by atoms with Crippen LogP contribution in [-0.4, -0.2) is 45.8 Å². The molecule has 0 amide bonds. The van der Waals surface area contributed by atoms with Gasteiger partial charge in [-0.3, -0.25) is 0 Å². The monoisotopic (exact) mass is 351 g/mol. The maximum atomic E-state index is 14.7. The van der Waals surface area contributed by atoms with Crippen LogP contribution in [0.15, 0.2) is 24.5 Å². The summed E-state index contributed by atoms with van der Waals surface area (Å²) in [5, 5.41) is 0. The summed E-state index contributed by atoms with van der Waals surface area (Å²) < 4.78 is 22.3. The van der Waals surface area contributed by atoms with Crippen LogP contribution in [0, 0.1) is 11.7 Å². The molecule has 0 bridgehead atoms. The Balaban J connectivity index is 1.39. The minimum absolute atomic E-state index is 0.274. The minimum Gasteiger partial charge on any atom is -0.378 e. The summed E-state index contributed by atoms with van der Waals surface area (Å²) in [5.74, 6) is 2.85. The number of rotatable bonds is 2. The van der Waals surface area contributed by atoms with Gasteiger partial charge in [0, 0.05) is 55.1 Å². The molecule has 6 rings (SSSR count). The van der Waals surface area contributed by atoms with Crippen LogP contribution in [0.4, 0.5) is 10.3 Å². The van der Waals surface area contributed by atoms with Gasteiger partial charge in [0.15, 0.2) is 0 Å². The van der Waals surface area contributed by atoms with Gasteiger partial charge < -0.3 is 14.2 Å². The van der Waals surface area contributed by atoms with Crippen LogP contribution in [0.5, 0.6) is 0 Å². The van der Waals surface area contributed by atoms with Gasteiger partial charge in [-0.1, -0.05) is 0 Å². The number of imidazole rings is 1. The first-order chi connectivity index (χ1) is 12.8. The third-order valence-electron chi connectivity index (χ3n) is 5.78. The number of morpholine rings is 1. The van der Waals surface area contributed by atoms with Crippen LogP contribution >= 0.6 is 0 Å². The summed E-state index contributed by atoms with van der Waals surface area (Å²) >= 11 is 0. The van der Waals surface area contributed by atoms with Crippen molar-refractivity contribution in [1.29, 1.82) is 0 Å². The second-order valence-electron chi connectivity index (χ2n) is 7.37. The van der Waals surface area contributed by atoms with Crippen molar-refractivity contribution in [2.24, 2.45) is 5.92 Å². The molecule has 1 saturated carbocycles. The molecular weight excluding hydrogens is 333 g/mol.